The molecule has 53 heavy (non-hydrogen) atoms. The zero-order valence-corrected chi connectivity index (χ0v) is 29.7. The van der Waals surface area contributed by atoms with E-state index in [4.69, 9.17) is 0 Å². The highest BCUT2D eigenvalue weighted by molar-refractivity contribution is 6.01. The van der Waals surface area contributed by atoms with Crippen molar-refractivity contribution in [2.45, 2.75) is 76.9 Å². The highest BCUT2D eigenvalue weighted by atomic mass is 19.4. The summed E-state index contributed by atoms with van der Waals surface area (Å²) in [5, 5.41) is 11.9. The fourth-order valence-corrected chi connectivity index (χ4v) is 7.05. The second-order valence-corrected chi connectivity index (χ2v) is 14.3. The Morgan fingerprint density at radius 2 is 1.43 bits per heavy atom. The standard InChI is InChI=1S/C40H44F4N6O3/c1-25(2)50-33(19-20-46-50)37(51)48-35(34(28-13-14-28)29-15-16-29)38(52)47-32-18-17-30(21-31(32)41)36(39(53)45-24-40(42,43)44)49(22-26-9-5-3-6-10-26)23-27-11-7-4-8-12-27/h3-12,17-21,25,28-29,34-36H,13-16,22-24H2,1-2H3,(H,45,53)(H,47,52)(H,48,51). The van der Waals surface area contributed by atoms with E-state index in [-0.39, 0.29) is 48.1 Å². The van der Waals surface area contributed by atoms with Crippen molar-refractivity contribution in [1.29, 1.82) is 0 Å². The molecule has 9 nitrogen and oxygen atoms in total. The molecule has 3 amide bonds. The van der Waals surface area contributed by atoms with Gasteiger partial charge >= 0.3 is 6.18 Å². The van der Waals surface area contributed by atoms with E-state index in [1.807, 2.05) is 79.8 Å². The van der Waals surface area contributed by atoms with Gasteiger partial charge in [0.2, 0.25) is 11.8 Å². The summed E-state index contributed by atoms with van der Waals surface area (Å²) in [6, 6.07) is 21.3. The van der Waals surface area contributed by atoms with E-state index < -0.39 is 48.3 Å². The van der Waals surface area contributed by atoms with Gasteiger partial charge in [-0.05, 0) is 92.2 Å². The summed E-state index contributed by atoms with van der Waals surface area (Å²) in [6.45, 7) is 2.56. The Morgan fingerprint density at radius 3 is 1.94 bits per heavy atom. The van der Waals surface area contributed by atoms with Gasteiger partial charge in [0.1, 0.15) is 30.1 Å². The first-order valence-corrected chi connectivity index (χ1v) is 18.0. The molecule has 4 aromatic rings. The predicted octanol–water partition coefficient (Wildman–Crippen LogP) is 7.20. The Kier molecular flexibility index (Phi) is 11.6. The van der Waals surface area contributed by atoms with Gasteiger partial charge in [0.15, 0.2) is 0 Å². The second kappa shape index (κ2) is 16.3. The van der Waals surface area contributed by atoms with Crippen molar-refractivity contribution in [3.05, 3.63) is 119 Å². The van der Waals surface area contributed by atoms with Crippen molar-refractivity contribution >= 4 is 23.4 Å². The summed E-state index contributed by atoms with van der Waals surface area (Å²) in [5.41, 5.74) is 1.83. The van der Waals surface area contributed by atoms with Crippen molar-refractivity contribution < 1.29 is 31.9 Å². The molecule has 0 radical (unpaired) electrons. The third-order valence-electron chi connectivity index (χ3n) is 9.78. The topological polar surface area (TPSA) is 108 Å². The maximum absolute atomic E-state index is 16.1. The fraction of sp³-hybridized carbons (Fsp3) is 0.400. The molecule has 0 saturated heterocycles. The van der Waals surface area contributed by atoms with Crippen molar-refractivity contribution in [2.24, 2.45) is 17.8 Å². The minimum Gasteiger partial charge on any atom is -0.345 e. The van der Waals surface area contributed by atoms with Crippen molar-refractivity contribution in [2.75, 3.05) is 11.9 Å². The number of alkyl halides is 3. The minimum atomic E-state index is -4.66. The molecule has 2 unspecified atom stereocenters. The first-order chi connectivity index (χ1) is 25.4. The maximum Gasteiger partial charge on any atom is 0.405 e. The van der Waals surface area contributed by atoms with Gasteiger partial charge in [-0.3, -0.25) is 24.0 Å². The van der Waals surface area contributed by atoms with Gasteiger partial charge in [0, 0.05) is 25.3 Å². The summed E-state index contributed by atoms with van der Waals surface area (Å²) in [7, 11) is 0. The Balaban J connectivity index is 1.29. The lowest BCUT2D eigenvalue weighted by atomic mass is 9.88. The molecule has 1 aromatic heterocycles. The Morgan fingerprint density at radius 1 is 0.849 bits per heavy atom. The molecule has 13 heteroatoms. The number of aromatic nitrogens is 2. The van der Waals surface area contributed by atoms with Crippen molar-refractivity contribution in [1.82, 2.24) is 25.3 Å². The molecule has 0 bridgehead atoms. The van der Waals surface area contributed by atoms with Gasteiger partial charge in [0.25, 0.3) is 5.91 Å². The molecule has 2 aliphatic carbocycles. The number of nitrogens with zero attached hydrogens (tertiary/aromatic N) is 3. The van der Waals surface area contributed by atoms with Crippen LogP contribution in [0.1, 0.15) is 78.8 Å². The smallest absolute Gasteiger partial charge is 0.345 e. The Bertz CT molecular complexity index is 1820. The summed E-state index contributed by atoms with van der Waals surface area (Å²) < 4.78 is 57.6. The van der Waals surface area contributed by atoms with Crippen LogP contribution in [0.5, 0.6) is 0 Å². The van der Waals surface area contributed by atoms with Gasteiger partial charge in [0.05, 0.1) is 5.69 Å². The summed E-state index contributed by atoms with van der Waals surface area (Å²) in [6.07, 6.45) is 0.615. The van der Waals surface area contributed by atoms with E-state index >= 15 is 4.39 Å². The molecule has 3 N–H and O–H groups in total. The van der Waals surface area contributed by atoms with Gasteiger partial charge in [-0.15, -0.1) is 0 Å². The average Bonchev–Trinajstić information content (AvgIpc) is 4.07. The lowest BCUT2D eigenvalue weighted by Crippen LogP contribution is -2.50. The predicted molar refractivity (Wildman–Crippen MR) is 192 cm³/mol. The van der Waals surface area contributed by atoms with E-state index in [1.165, 1.54) is 18.3 Å². The van der Waals surface area contributed by atoms with Gasteiger partial charge < -0.3 is 16.0 Å². The first-order valence-electron chi connectivity index (χ1n) is 18.0. The minimum absolute atomic E-state index is 0.0935. The van der Waals surface area contributed by atoms with Crippen LogP contribution in [0.15, 0.2) is 91.1 Å². The summed E-state index contributed by atoms with van der Waals surface area (Å²) in [4.78, 5) is 42.9. The van der Waals surface area contributed by atoms with Crippen LogP contribution in [0.4, 0.5) is 23.2 Å². The first kappa shape index (κ1) is 37.7. The molecule has 2 saturated carbocycles. The van der Waals surface area contributed by atoms with E-state index in [9.17, 15) is 27.6 Å². The number of anilines is 1. The fourth-order valence-electron chi connectivity index (χ4n) is 7.05. The molecule has 2 atom stereocenters. The normalized spacial score (nSPS) is 15.7. The molecule has 1 heterocycles. The molecular formula is C40H44F4N6O3. The largest absolute Gasteiger partial charge is 0.405 e. The van der Waals surface area contributed by atoms with Crippen molar-refractivity contribution in [3.8, 4) is 0 Å². The zero-order chi connectivity index (χ0) is 37.7. The van der Waals surface area contributed by atoms with Crippen LogP contribution in [-0.2, 0) is 22.7 Å². The molecule has 2 aliphatic rings. The van der Waals surface area contributed by atoms with Gasteiger partial charge in [-0.1, -0.05) is 66.7 Å². The molecule has 2 fully saturated rings. The van der Waals surface area contributed by atoms with Crippen LogP contribution >= 0.6 is 0 Å². The van der Waals surface area contributed by atoms with Crippen LogP contribution in [-0.4, -0.2) is 51.2 Å². The van der Waals surface area contributed by atoms with Crippen LogP contribution in [0.3, 0.4) is 0 Å². The number of halogens is 4. The number of nitrogens with one attached hydrogen (secondary N) is 3. The van der Waals surface area contributed by atoms with Gasteiger partial charge in [-0.25, -0.2) is 4.39 Å². The number of benzene rings is 3. The molecule has 280 valence electrons. The van der Waals surface area contributed by atoms with Crippen molar-refractivity contribution in [3.63, 3.8) is 0 Å². The highest BCUT2D eigenvalue weighted by Gasteiger charge is 2.48. The van der Waals surface area contributed by atoms with E-state index in [2.05, 4.69) is 15.7 Å². The highest BCUT2D eigenvalue weighted by Crippen LogP contribution is 2.51. The van der Waals surface area contributed by atoms with Gasteiger partial charge in [-0.2, -0.15) is 18.3 Å². The monoisotopic (exact) mass is 732 g/mol. The number of carbonyl (C=O) groups excluding carboxylic acids is 3. The molecule has 0 spiro atoms. The SMILES string of the molecule is CC(C)n1nccc1C(=O)NC(C(=O)Nc1ccc(C(C(=O)NCC(F)(F)F)N(Cc2ccccc2)Cc2ccccc2)cc1F)C(C1CC1)C1CC1. The number of hydrogen-bond donors (Lipinski definition) is 3. The molecular weight excluding hydrogens is 688 g/mol. The van der Waals surface area contributed by atoms with E-state index in [0.29, 0.717) is 5.69 Å². The zero-order valence-electron chi connectivity index (χ0n) is 29.7. The van der Waals surface area contributed by atoms with Crippen LogP contribution in [0, 0.1) is 23.6 Å². The second-order valence-electron chi connectivity index (χ2n) is 14.3. The summed E-state index contributed by atoms with van der Waals surface area (Å²) >= 11 is 0. The third-order valence-corrected chi connectivity index (χ3v) is 9.78. The van der Waals surface area contributed by atoms with Crippen LogP contribution in [0.2, 0.25) is 0 Å². The lowest BCUT2D eigenvalue weighted by molar-refractivity contribution is -0.142. The quantitative estimate of drug-likeness (QED) is 0.106. The molecule has 6 rings (SSSR count). The Labute approximate surface area is 306 Å². The summed E-state index contributed by atoms with van der Waals surface area (Å²) in [5.74, 6) is -2.45. The third kappa shape index (κ3) is 9.89. The van der Waals surface area contributed by atoms with E-state index in [0.717, 1.165) is 42.9 Å². The number of rotatable bonds is 16. The lowest BCUT2D eigenvalue weighted by Gasteiger charge is -2.32. The van der Waals surface area contributed by atoms with E-state index in [1.54, 1.807) is 15.6 Å². The maximum atomic E-state index is 16.1. The number of hydrogen-bond acceptors (Lipinski definition) is 5. The number of carbonyl (C=O) groups is 3. The molecule has 0 aliphatic heterocycles. The number of amides is 3. The average molecular weight is 733 g/mol. The van der Waals surface area contributed by atoms with Crippen LogP contribution in [0.25, 0.3) is 0 Å². The molecule has 3 aromatic carbocycles. The van der Waals surface area contributed by atoms with Crippen LogP contribution < -0.4 is 16.0 Å². The Hall–Kier alpha value is -5.04.